The van der Waals surface area contributed by atoms with Gasteiger partial charge in [0.25, 0.3) is 11.8 Å². The molecule has 0 heterocycles. The van der Waals surface area contributed by atoms with E-state index in [1.807, 2.05) is 0 Å². The minimum Gasteiger partial charge on any atom is -0.458 e. The van der Waals surface area contributed by atoms with Crippen molar-refractivity contribution in [2.75, 3.05) is 26.2 Å². The van der Waals surface area contributed by atoms with E-state index < -0.39 is 53.6 Å². The zero-order valence-corrected chi connectivity index (χ0v) is 27.8. The van der Waals surface area contributed by atoms with Crippen LogP contribution in [0.5, 0.6) is 0 Å². The van der Waals surface area contributed by atoms with Gasteiger partial charge in [-0.15, -0.1) is 0 Å². The van der Waals surface area contributed by atoms with Crippen LogP contribution in [0, 0.1) is 0 Å². The van der Waals surface area contributed by atoms with Crippen molar-refractivity contribution >= 4 is 29.6 Å². The molecule has 0 saturated carbocycles. The van der Waals surface area contributed by atoms with Gasteiger partial charge in [0.05, 0.1) is 25.9 Å². The molecule has 0 aliphatic rings. The molecule has 4 amide bonds. The monoisotopic (exact) mass is 640 g/mol. The van der Waals surface area contributed by atoms with Gasteiger partial charge in [-0.1, -0.05) is 51.7 Å². The Kier molecular flexibility index (Phi) is 21.4. The van der Waals surface area contributed by atoms with Crippen LogP contribution in [0.2, 0.25) is 0 Å². The Morgan fingerprint density at radius 2 is 1.09 bits per heavy atom. The van der Waals surface area contributed by atoms with Crippen LogP contribution in [0.15, 0.2) is 24.3 Å². The minimum atomic E-state index is -2.47. The van der Waals surface area contributed by atoms with Crippen LogP contribution in [0.25, 0.3) is 0 Å². The lowest BCUT2D eigenvalue weighted by Crippen LogP contribution is -2.50. The molecule has 13 nitrogen and oxygen atoms in total. The Morgan fingerprint density at radius 1 is 0.689 bits per heavy atom. The number of nitrogens with zero attached hydrogens (tertiary/aromatic N) is 2. The predicted octanol–water partition coefficient (Wildman–Crippen LogP) is 3.56. The summed E-state index contributed by atoms with van der Waals surface area (Å²) in [7, 11) is 0. The standard InChI is InChI=1S/C32H56N4O9/c1-6-8-10-12-14-18-28(39)35(43)22-16-20-33-26(37)24-32(42,30(41)45-31(3,4)5)25-27(38)34-21-17-23-36(44)29(40)19-15-13-11-9-7-2/h14-15,18-19,42-44H,6-13,16-17,20-25H2,1-5H3,(H,33,37)(H,34,38)/b18-14+,19-15+. The van der Waals surface area contributed by atoms with Gasteiger partial charge in [-0.2, -0.15) is 0 Å². The van der Waals surface area contributed by atoms with Gasteiger partial charge in [0.2, 0.25) is 11.8 Å². The molecule has 0 spiro atoms. The maximum absolute atomic E-state index is 12.8. The highest BCUT2D eigenvalue weighted by Crippen LogP contribution is 2.22. The summed E-state index contributed by atoms with van der Waals surface area (Å²) in [5, 5.41) is 37.0. The van der Waals surface area contributed by atoms with Crippen LogP contribution < -0.4 is 10.6 Å². The Balaban J connectivity index is 4.84. The molecule has 0 aliphatic carbocycles. The first-order valence-corrected chi connectivity index (χ1v) is 16.0. The lowest BCUT2D eigenvalue weighted by atomic mass is 9.94. The maximum atomic E-state index is 12.8. The average Bonchev–Trinajstić information content (AvgIpc) is 2.95. The quantitative estimate of drug-likeness (QED) is 0.0366. The third-order valence-corrected chi connectivity index (χ3v) is 6.40. The summed E-state index contributed by atoms with van der Waals surface area (Å²) in [5.74, 6) is -3.76. The first kappa shape index (κ1) is 41.7. The smallest absolute Gasteiger partial charge is 0.339 e. The summed E-state index contributed by atoms with van der Waals surface area (Å²) >= 11 is 0. The summed E-state index contributed by atoms with van der Waals surface area (Å²) in [6.45, 7) is 8.85. The zero-order chi connectivity index (χ0) is 34.3. The molecule has 0 radical (unpaired) electrons. The van der Waals surface area contributed by atoms with E-state index in [1.54, 1.807) is 32.9 Å². The van der Waals surface area contributed by atoms with Crippen molar-refractivity contribution in [2.24, 2.45) is 0 Å². The number of unbranched alkanes of at least 4 members (excludes halogenated alkanes) is 6. The molecule has 0 aliphatic heterocycles. The van der Waals surface area contributed by atoms with Gasteiger partial charge in [0.1, 0.15) is 5.60 Å². The van der Waals surface area contributed by atoms with Crippen LogP contribution in [-0.4, -0.2) is 92.6 Å². The number of carbonyl (C=O) groups excluding carboxylic acids is 5. The molecule has 0 aromatic carbocycles. The number of esters is 1. The van der Waals surface area contributed by atoms with E-state index in [-0.39, 0.29) is 39.0 Å². The number of carbonyl (C=O) groups is 5. The fraction of sp³-hybridized carbons (Fsp3) is 0.719. The summed E-state index contributed by atoms with van der Waals surface area (Å²) in [5.41, 5.74) is -3.47. The SMILES string of the molecule is CCCCC/C=C/C(=O)N(O)CCCNC(=O)CC(O)(CC(=O)NCCCN(O)C(=O)/C=C/CCCCC)C(=O)OC(C)(C)C. The molecule has 0 unspecified atom stereocenters. The van der Waals surface area contributed by atoms with Crippen LogP contribution in [-0.2, 0) is 28.7 Å². The Morgan fingerprint density at radius 3 is 1.44 bits per heavy atom. The van der Waals surface area contributed by atoms with Gasteiger partial charge in [0, 0.05) is 25.2 Å². The van der Waals surface area contributed by atoms with Gasteiger partial charge in [-0.05, 0) is 59.3 Å². The molecule has 0 atom stereocenters. The highest BCUT2D eigenvalue weighted by molar-refractivity contribution is 5.92. The van der Waals surface area contributed by atoms with E-state index in [0.29, 0.717) is 10.1 Å². The Labute approximate surface area is 268 Å². The van der Waals surface area contributed by atoms with E-state index in [0.717, 1.165) is 51.4 Å². The average molecular weight is 641 g/mol. The number of nitrogens with one attached hydrogen (secondary N) is 2. The summed E-state index contributed by atoms with van der Waals surface area (Å²) < 4.78 is 5.26. The molecule has 258 valence electrons. The van der Waals surface area contributed by atoms with Crippen molar-refractivity contribution in [2.45, 2.75) is 123 Å². The largest absolute Gasteiger partial charge is 0.458 e. The molecule has 0 aromatic heterocycles. The summed E-state index contributed by atoms with van der Waals surface area (Å²) in [6.07, 6.45) is 12.5. The van der Waals surface area contributed by atoms with E-state index in [2.05, 4.69) is 24.5 Å². The van der Waals surface area contributed by atoms with Crippen molar-refractivity contribution in [1.82, 2.24) is 20.8 Å². The van der Waals surface area contributed by atoms with Crippen molar-refractivity contribution in [3.05, 3.63) is 24.3 Å². The van der Waals surface area contributed by atoms with Crippen LogP contribution >= 0.6 is 0 Å². The molecule has 45 heavy (non-hydrogen) atoms. The number of hydrogen-bond donors (Lipinski definition) is 5. The summed E-state index contributed by atoms with van der Waals surface area (Å²) in [4.78, 5) is 62.0. The van der Waals surface area contributed by atoms with Crippen molar-refractivity contribution in [1.29, 1.82) is 0 Å². The zero-order valence-electron chi connectivity index (χ0n) is 27.8. The number of hydrogen-bond acceptors (Lipinski definition) is 9. The molecule has 0 aromatic rings. The second-order valence-corrected chi connectivity index (χ2v) is 12.0. The van der Waals surface area contributed by atoms with Crippen LogP contribution in [0.1, 0.15) is 112 Å². The summed E-state index contributed by atoms with van der Waals surface area (Å²) in [6, 6.07) is 0. The van der Waals surface area contributed by atoms with Gasteiger partial charge < -0.3 is 20.5 Å². The van der Waals surface area contributed by atoms with Gasteiger partial charge in [-0.3, -0.25) is 29.6 Å². The maximum Gasteiger partial charge on any atom is 0.339 e. The van der Waals surface area contributed by atoms with Crippen molar-refractivity contribution < 1.29 is 44.2 Å². The molecule has 0 bridgehead atoms. The topological polar surface area (TPSA) is 186 Å². The van der Waals surface area contributed by atoms with Gasteiger partial charge in [0.15, 0.2) is 5.60 Å². The van der Waals surface area contributed by atoms with Crippen molar-refractivity contribution in [3.8, 4) is 0 Å². The highest BCUT2D eigenvalue weighted by atomic mass is 16.6. The third kappa shape index (κ3) is 21.1. The number of allylic oxidation sites excluding steroid dienone is 2. The molecule has 13 heteroatoms. The first-order chi connectivity index (χ1) is 21.1. The Bertz CT molecular complexity index is 916. The second kappa shape index (κ2) is 23.1. The van der Waals surface area contributed by atoms with Crippen molar-refractivity contribution in [3.63, 3.8) is 0 Å². The van der Waals surface area contributed by atoms with E-state index in [4.69, 9.17) is 4.74 Å². The lowest BCUT2D eigenvalue weighted by Gasteiger charge is -2.29. The molecule has 0 rings (SSSR count). The Hall–Kier alpha value is -3.29. The van der Waals surface area contributed by atoms with Crippen LogP contribution in [0.4, 0.5) is 0 Å². The second-order valence-electron chi connectivity index (χ2n) is 12.0. The third-order valence-electron chi connectivity index (χ3n) is 6.40. The lowest BCUT2D eigenvalue weighted by molar-refractivity contribution is -0.181. The molecule has 0 saturated heterocycles. The first-order valence-electron chi connectivity index (χ1n) is 16.0. The molecular weight excluding hydrogens is 584 g/mol. The molecular formula is C32H56N4O9. The number of amides is 4. The van der Waals surface area contributed by atoms with Crippen LogP contribution in [0.3, 0.4) is 0 Å². The minimum absolute atomic E-state index is 0.0320. The molecule has 5 N–H and O–H groups in total. The normalized spacial score (nSPS) is 11.9. The van der Waals surface area contributed by atoms with E-state index in [1.165, 1.54) is 12.2 Å². The predicted molar refractivity (Wildman–Crippen MR) is 169 cm³/mol. The fourth-order valence-corrected chi connectivity index (χ4v) is 3.93. The van der Waals surface area contributed by atoms with E-state index in [9.17, 15) is 39.5 Å². The number of rotatable bonds is 23. The fourth-order valence-electron chi connectivity index (χ4n) is 3.93. The number of aliphatic hydroxyl groups is 1. The highest BCUT2D eigenvalue weighted by Gasteiger charge is 2.43. The van der Waals surface area contributed by atoms with Gasteiger partial charge in [-0.25, -0.2) is 14.9 Å². The number of ether oxygens (including phenoxy) is 1. The number of hydroxylamine groups is 4. The molecule has 0 fully saturated rings. The van der Waals surface area contributed by atoms with Gasteiger partial charge >= 0.3 is 5.97 Å². The van der Waals surface area contributed by atoms with E-state index >= 15 is 0 Å².